The van der Waals surface area contributed by atoms with Crippen LogP contribution in [0, 0.1) is 19.7 Å². The summed E-state index contributed by atoms with van der Waals surface area (Å²) in [5.74, 6) is 1.25. The molecule has 0 amide bonds. The highest BCUT2D eigenvalue weighted by Crippen LogP contribution is 2.37. The second-order valence-corrected chi connectivity index (χ2v) is 7.28. The number of aromatic nitrogens is 2. The largest absolute Gasteiger partial charge is 0.349 e. The van der Waals surface area contributed by atoms with Gasteiger partial charge in [0.05, 0.1) is 6.04 Å². The predicted octanol–water partition coefficient (Wildman–Crippen LogP) is 5.49. The van der Waals surface area contributed by atoms with Crippen molar-refractivity contribution in [3.8, 4) is 0 Å². The van der Waals surface area contributed by atoms with Crippen molar-refractivity contribution < 1.29 is 4.39 Å². The minimum absolute atomic E-state index is 0.259. The standard InChI is InChI=1S/C23H25FN4/c1-4-21-20-8-6-5-7-17(20)13-14-28(21)22-15(2)16(3)25-23(27-22)26-19-11-9-18(24)10-12-19/h5-12,21H,4,13-14H2,1-3H3,(H,25,26,27)/t21-/m0/s1. The van der Waals surface area contributed by atoms with Crippen LogP contribution in [0.15, 0.2) is 48.5 Å². The van der Waals surface area contributed by atoms with Crippen LogP contribution in [-0.2, 0) is 6.42 Å². The van der Waals surface area contributed by atoms with Crippen LogP contribution in [0.25, 0.3) is 0 Å². The molecular weight excluding hydrogens is 351 g/mol. The van der Waals surface area contributed by atoms with Crippen LogP contribution in [0.2, 0.25) is 0 Å². The van der Waals surface area contributed by atoms with Crippen LogP contribution in [-0.4, -0.2) is 16.5 Å². The van der Waals surface area contributed by atoms with Gasteiger partial charge in [-0.25, -0.2) is 9.37 Å². The third-order valence-electron chi connectivity index (χ3n) is 5.53. The smallest absolute Gasteiger partial charge is 0.229 e. The molecule has 1 aliphatic rings. The van der Waals surface area contributed by atoms with Crippen LogP contribution >= 0.6 is 0 Å². The molecule has 0 fully saturated rings. The molecule has 0 unspecified atom stereocenters. The number of hydrogen-bond acceptors (Lipinski definition) is 4. The number of rotatable bonds is 4. The number of nitrogens with zero attached hydrogens (tertiary/aromatic N) is 3. The Morgan fingerprint density at radius 2 is 1.82 bits per heavy atom. The van der Waals surface area contributed by atoms with E-state index in [1.165, 1.54) is 23.3 Å². The maximum absolute atomic E-state index is 13.2. The average Bonchev–Trinajstić information content (AvgIpc) is 2.71. The fourth-order valence-electron chi connectivity index (χ4n) is 3.96. The normalized spacial score (nSPS) is 16.0. The summed E-state index contributed by atoms with van der Waals surface area (Å²) in [6, 6.07) is 15.2. The molecule has 0 aliphatic carbocycles. The topological polar surface area (TPSA) is 41.1 Å². The molecule has 0 radical (unpaired) electrons. The van der Waals surface area contributed by atoms with Gasteiger partial charge in [0, 0.05) is 23.5 Å². The van der Waals surface area contributed by atoms with E-state index in [1.54, 1.807) is 12.1 Å². The lowest BCUT2D eigenvalue weighted by molar-refractivity contribution is 0.560. The summed E-state index contributed by atoms with van der Waals surface area (Å²) in [6.45, 7) is 7.25. The molecule has 1 aromatic heterocycles. The Labute approximate surface area is 165 Å². The summed E-state index contributed by atoms with van der Waals surface area (Å²) in [6.07, 6.45) is 2.02. The third kappa shape index (κ3) is 3.44. The van der Waals surface area contributed by atoms with Gasteiger partial charge in [-0.3, -0.25) is 0 Å². The van der Waals surface area contributed by atoms with Crippen LogP contribution in [0.3, 0.4) is 0 Å². The van der Waals surface area contributed by atoms with Gasteiger partial charge in [0.1, 0.15) is 11.6 Å². The van der Waals surface area contributed by atoms with Gasteiger partial charge in [-0.15, -0.1) is 0 Å². The first-order chi connectivity index (χ1) is 13.6. The molecule has 5 heteroatoms. The zero-order valence-corrected chi connectivity index (χ0v) is 16.5. The summed E-state index contributed by atoms with van der Waals surface area (Å²) >= 11 is 0. The van der Waals surface area contributed by atoms with Gasteiger partial charge >= 0.3 is 0 Å². The van der Waals surface area contributed by atoms with Gasteiger partial charge in [-0.1, -0.05) is 31.2 Å². The lowest BCUT2D eigenvalue weighted by Gasteiger charge is -2.38. The molecule has 4 nitrogen and oxygen atoms in total. The van der Waals surface area contributed by atoms with Gasteiger partial charge in [-0.2, -0.15) is 4.98 Å². The predicted molar refractivity (Wildman–Crippen MR) is 112 cm³/mol. The Bertz CT molecular complexity index is 984. The molecule has 0 bridgehead atoms. The lowest BCUT2D eigenvalue weighted by Crippen LogP contribution is -2.36. The van der Waals surface area contributed by atoms with Crippen LogP contribution in [0.4, 0.5) is 21.8 Å². The number of hydrogen-bond donors (Lipinski definition) is 1. The van der Waals surface area contributed by atoms with Crippen molar-refractivity contribution in [2.24, 2.45) is 0 Å². The van der Waals surface area contributed by atoms with Crippen molar-refractivity contribution in [1.29, 1.82) is 0 Å². The summed E-state index contributed by atoms with van der Waals surface area (Å²) in [5.41, 5.74) is 5.64. The molecule has 2 heterocycles. The highest BCUT2D eigenvalue weighted by Gasteiger charge is 2.28. The quantitative estimate of drug-likeness (QED) is 0.654. The van der Waals surface area contributed by atoms with Crippen molar-refractivity contribution in [2.75, 3.05) is 16.8 Å². The summed E-state index contributed by atoms with van der Waals surface area (Å²) in [4.78, 5) is 11.9. The Balaban J connectivity index is 1.71. The van der Waals surface area contributed by atoms with Gasteiger partial charge in [-0.05, 0) is 62.1 Å². The van der Waals surface area contributed by atoms with E-state index in [4.69, 9.17) is 4.98 Å². The second kappa shape index (κ2) is 7.58. The van der Waals surface area contributed by atoms with E-state index in [0.717, 1.165) is 42.1 Å². The van der Waals surface area contributed by atoms with Crippen molar-refractivity contribution >= 4 is 17.5 Å². The first kappa shape index (κ1) is 18.4. The maximum Gasteiger partial charge on any atom is 0.229 e. The van der Waals surface area contributed by atoms with E-state index in [-0.39, 0.29) is 5.82 Å². The van der Waals surface area contributed by atoms with E-state index in [2.05, 4.69) is 53.3 Å². The van der Waals surface area contributed by atoms with Crippen LogP contribution in [0.5, 0.6) is 0 Å². The second-order valence-electron chi connectivity index (χ2n) is 7.28. The zero-order valence-electron chi connectivity index (χ0n) is 16.5. The molecule has 4 rings (SSSR count). The summed E-state index contributed by atoms with van der Waals surface area (Å²) in [5, 5.41) is 3.22. The van der Waals surface area contributed by atoms with Crippen molar-refractivity contribution in [3.63, 3.8) is 0 Å². The van der Waals surface area contributed by atoms with Crippen molar-refractivity contribution in [1.82, 2.24) is 9.97 Å². The van der Waals surface area contributed by atoms with E-state index < -0.39 is 0 Å². The Morgan fingerprint density at radius 1 is 1.07 bits per heavy atom. The zero-order chi connectivity index (χ0) is 19.7. The molecule has 0 spiro atoms. The summed E-state index contributed by atoms with van der Waals surface area (Å²) < 4.78 is 13.2. The molecule has 0 saturated carbocycles. The highest BCUT2D eigenvalue weighted by atomic mass is 19.1. The fraction of sp³-hybridized carbons (Fsp3) is 0.304. The summed E-state index contributed by atoms with van der Waals surface area (Å²) in [7, 11) is 0. The monoisotopic (exact) mass is 376 g/mol. The third-order valence-corrected chi connectivity index (χ3v) is 5.53. The molecular formula is C23H25FN4. The first-order valence-electron chi connectivity index (χ1n) is 9.79. The number of fused-ring (bicyclic) bond motifs is 1. The van der Waals surface area contributed by atoms with Crippen molar-refractivity contribution in [3.05, 3.63) is 76.7 Å². The van der Waals surface area contributed by atoms with Crippen molar-refractivity contribution in [2.45, 2.75) is 39.7 Å². The molecule has 1 aliphatic heterocycles. The fourth-order valence-corrected chi connectivity index (χ4v) is 3.96. The number of benzene rings is 2. The number of aryl methyl sites for hydroxylation is 1. The maximum atomic E-state index is 13.2. The molecule has 1 N–H and O–H groups in total. The molecule has 144 valence electrons. The van der Waals surface area contributed by atoms with E-state index in [0.29, 0.717) is 12.0 Å². The molecule has 0 saturated heterocycles. The van der Waals surface area contributed by atoms with Gasteiger partial charge in [0.2, 0.25) is 5.95 Å². The Morgan fingerprint density at radius 3 is 2.57 bits per heavy atom. The van der Waals surface area contributed by atoms with Crippen LogP contribution < -0.4 is 10.2 Å². The van der Waals surface area contributed by atoms with E-state index in [9.17, 15) is 4.39 Å². The van der Waals surface area contributed by atoms with E-state index >= 15 is 0 Å². The Hall–Kier alpha value is -2.95. The average molecular weight is 376 g/mol. The number of nitrogens with one attached hydrogen (secondary N) is 1. The van der Waals surface area contributed by atoms with Crippen LogP contribution in [0.1, 0.15) is 41.8 Å². The molecule has 3 aromatic rings. The minimum Gasteiger partial charge on any atom is -0.349 e. The van der Waals surface area contributed by atoms with Gasteiger partial charge < -0.3 is 10.2 Å². The first-order valence-corrected chi connectivity index (χ1v) is 9.79. The van der Waals surface area contributed by atoms with Gasteiger partial charge in [0.15, 0.2) is 0 Å². The number of anilines is 3. The molecule has 1 atom stereocenters. The van der Waals surface area contributed by atoms with Gasteiger partial charge in [0.25, 0.3) is 0 Å². The molecule has 2 aromatic carbocycles. The highest BCUT2D eigenvalue weighted by molar-refractivity contribution is 5.59. The lowest BCUT2D eigenvalue weighted by atomic mass is 9.91. The minimum atomic E-state index is -0.259. The number of halogens is 1. The Kier molecular flexibility index (Phi) is 4.99. The van der Waals surface area contributed by atoms with E-state index in [1.807, 2.05) is 6.92 Å². The SMILES string of the molecule is CC[C@H]1c2ccccc2CCN1c1nc(Nc2ccc(F)cc2)nc(C)c1C. The molecule has 28 heavy (non-hydrogen) atoms.